The van der Waals surface area contributed by atoms with E-state index >= 15 is 0 Å². The Kier molecular flexibility index (Phi) is 5.20. The van der Waals surface area contributed by atoms with Crippen LogP contribution in [-0.4, -0.2) is 22.9 Å². The standard InChI is InChI=1S/C14H20BrNO2/c1-10-4-5-12(17)11(8-10)13(18)16-9-14(2,3)6-7-15/h4-5,8,17H,6-7,9H2,1-3H3,(H,16,18). The van der Waals surface area contributed by atoms with Crippen LogP contribution in [-0.2, 0) is 0 Å². The van der Waals surface area contributed by atoms with Crippen molar-refractivity contribution in [3.8, 4) is 5.75 Å². The monoisotopic (exact) mass is 313 g/mol. The van der Waals surface area contributed by atoms with E-state index in [4.69, 9.17) is 0 Å². The van der Waals surface area contributed by atoms with Crippen molar-refractivity contribution in [2.45, 2.75) is 27.2 Å². The average molecular weight is 314 g/mol. The number of rotatable bonds is 5. The molecule has 0 bridgehead atoms. The van der Waals surface area contributed by atoms with Crippen molar-refractivity contribution in [1.29, 1.82) is 0 Å². The van der Waals surface area contributed by atoms with Gasteiger partial charge in [0.25, 0.3) is 5.91 Å². The van der Waals surface area contributed by atoms with Crippen LogP contribution in [0.3, 0.4) is 0 Å². The third-order valence-corrected chi connectivity index (χ3v) is 3.29. The normalized spacial score (nSPS) is 11.3. The number of phenols is 1. The minimum Gasteiger partial charge on any atom is -0.507 e. The molecule has 3 nitrogen and oxygen atoms in total. The topological polar surface area (TPSA) is 49.3 Å². The molecule has 1 aromatic carbocycles. The summed E-state index contributed by atoms with van der Waals surface area (Å²) in [5, 5.41) is 13.5. The maximum absolute atomic E-state index is 12.0. The SMILES string of the molecule is Cc1ccc(O)c(C(=O)NCC(C)(C)CCBr)c1. The van der Waals surface area contributed by atoms with Crippen LogP contribution < -0.4 is 5.32 Å². The minimum absolute atomic E-state index is 0.0244. The Morgan fingerprint density at radius 1 is 1.44 bits per heavy atom. The number of nitrogens with one attached hydrogen (secondary N) is 1. The lowest BCUT2D eigenvalue weighted by atomic mass is 9.90. The predicted octanol–water partition coefficient (Wildman–Crippen LogP) is 3.24. The summed E-state index contributed by atoms with van der Waals surface area (Å²) >= 11 is 3.41. The summed E-state index contributed by atoms with van der Waals surface area (Å²) in [5.74, 6) is -0.199. The van der Waals surface area contributed by atoms with E-state index in [0.29, 0.717) is 12.1 Å². The Balaban J connectivity index is 2.69. The van der Waals surface area contributed by atoms with Gasteiger partial charge in [-0.05, 0) is 30.9 Å². The Bertz CT molecular complexity index is 430. The van der Waals surface area contributed by atoms with Gasteiger partial charge in [0, 0.05) is 11.9 Å². The third kappa shape index (κ3) is 4.33. The van der Waals surface area contributed by atoms with Crippen molar-refractivity contribution < 1.29 is 9.90 Å². The Hall–Kier alpha value is -1.03. The molecule has 1 amide bonds. The molecule has 0 radical (unpaired) electrons. The van der Waals surface area contributed by atoms with Crippen LogP contribution in [0.2, 0.25) is 0 Å². The second kappa shape index (κ2) is 6.23. The number of aryl methyl sites for hydroxylation is 1. The second-order valence-electron chi connectivity index (χ2n) is 5.31. The summed E-state index contributed by atoms with van der Waals surface area (Å²) in [7, 11) is 0. The zero-order valence-electron chi connectivity index (χ0n) is 11.1. The highest BCUT2D eigenvalue weighted by atomic mass is 79.9. The molecule has 0 aliphatic heterocycles. The van der Waals surface area contributed by atoms with Gasteiger partial charge in [-0.3, -0.25) is 4.79 Å². The maximum Gasteiger partial charge on any atom is 0.255 e. The zero-order chi connectivity index (χ0) is 13.8. The summed E-state index contributed by atoms with van der Waals surface area (Å²) in [6.45, 7) is 6.69. The number of hydrogen-bond acceptors (Lipinski definition) is 2. The summed E-state index contributed by atoms with van der Waals surface area (Å²) < 4.78 is 0. The van der Waals surface area contributed by atoms with E-state index in [2.05, 4.69) is 35.1 Å². The molecule has 4 heteroatoms. The van der Waals surface area contributed by atoms with Crippen LogP contribution in [0, 0.1) is 12.3 Å². The highest BCUT2D eigenvalue weighted by Crippen LogP contribution is 2.21. The average Bonchev–Trinajstić information content (AvgIpc) is 2.29. The van der Waals surface area contributed by atoms with Crippen LogP contribution in [0.15, 0.2) is 18.2 Å². The molecule has 0 fully saturated rings. The van der Waals surface area contributed by atoms with Gasteiger partial charge in [0.05, 0.1) is 5.56 Å². The van der Waals surface area contributed by atoms with Crippen LogP contribution in [0.1, 0.15) is 36.2 Å². The quantitative estimate of drug-likeness (QED) is 0.820. The highest BCUT2D eigenvalue weighted by molar-refractivity contribution is 9.09. The highest BCUT2D eigenvalue weighted by Gasteiger charge is 2.19. The van der Waals surface area contributed by atoms with E-state index in [9.17, 15) is 9.90 Å². The molecule has 0 heterocycles. The van der Waals surface area contributed by atoms with Crippen molar-refractivity contribution in [3.05, 3.63) is 29.3 Å². The lowest BCUT2D eigenvalue weighted by Gasteiger charge is -2.24. The summed E-state index contributed by atoms with van der Waals surface area (Å²) in [6, 6.07) is 5.02. The van der Waals surface area contributed by atoms with Gasteiger partial charge in [-0.1, -0.05) is 41.4 Å². The number of carbonyl (C=O) groups is 1. The molecule has 0 atom stereocenters. The summed E-state index contributed by atoms with van der Waals surface area (Å²) in [5.41, 5.74) is 1.33. The molecule has 2 N–H and O–H groups in total. The van der Waals surface area contributed by atoms with Gasteiger partial charge >= 0.3 is 0 Å². The number of carbonyl (C=O) groups excluding carboxylic acids is 1. The van der Waals surface area contributed by atoms with Gasteiger partial charge < -0.3 is 10.4 Å². The van der Waals surface area contributed by atoms with E-state index in [1.807, 2.05) is 6.92 Å². The molecule has 0 aromatic heterocycles. The fraction of sp³-hybridized carbons (Fsp3) is 0.500. The predicted molar refractivity (Wildman–Crippen MR) is 77.4 cm³/mol. The Labute approximate surface area is 117 Å². The van der Waals surface area contributed by atoms with E-state index in [1.54, 1.807) is 18.2 Å². The third-order valence-electron chi connectivity index (χ3n) is 2.90. The number of aromatic hydroxyl groups is 1. The van der Waals surface area contributed by atoms with Crippen LogP contribution in [0.5, 0.6) is 5.75 Å². The fourth-order valence-electron chi connectivity index (χ4n) is 1.59. The smallest absolute Gasteiger partial charge is 0.255 e. The van der Waals surface area contributed by atoms with Gasteiger partial charge in [0.1, 0.15) is 5.75 Å². The molecule has 0 saturated carbocycles. The lowest BCUT2D eigenvalue weighted by molar-refractivity contribution is 0.0933. The Morgan fingerprint density at radius 2 is 2.11 bits per heavy atom. The van der Waals surface area contributed by atoms with E-state index in [-0.39, 0.29) is 17.1 Å². The molecule has 0 spiro atoms. The number of benzene rings is 1. The first-order chi connectivity index (χ1) is 8.35. The van der Waals surface area contributed by atoms with Crippen LogP contribution in [0.4, 0.5) is 0 Å². The van der Waals surface area contributed by atoms with Gasteiger partial charge in [-0.25, -0.2) is 0 Å². The molecule has 0 unspecified atom stereocenters. The van der Waals surface area contributed by atoms with Crippen LogP contribution in [0.25, 0.3) is 0 Å². The Morgan fingerprint density at radius 3 is 2.72 bits per heavy atom. The maximum atomic E-state index is 12.0. The zero-order valence-corrected chi connectivity index (χ0v) is 12.7. The number of amides is 1. The molecule has 0 aliphatic carbocycles. The number of halogens is 1. The van der Waals surface area contributed by atoms with Crippen molar-refractivity contribution in [2.24, 2.45) is 5.41 Å². The van der Waals surface area contributed by atoms with Gasteiger partial charge in [-0.2, -0.15) is 0 Å². The summed E-state index contributed by atoms with van der Waals surface area (Å²) in [6.07, 6.45) is 0.979. The summed E-state index contributed by atoms with van der Waals surface area (Å²) in [4.78, 5) is 12.0. The molecule has 1 rings (SSSR count). The van der Waals surface area contributed by atoms with Crippen molar-refractivity contribution in [3.63, 3.8) is 0 Å². The van der Waals surface area contributed by atoms with E-state index < -0.39 is 0 Å². The van der Waals surface area contributed by atoms with Crippen molar-refractivity contribution in [1.82, 2.24) is 5.32 Å². The number of hydrogen-bond donors (Lipinski definition) is 2. The second-order valence-corrected chi connectivity index (χ2v) is 6.10. The molecule has 0 saturated heterocycles. The van der Waals surface area contributed by atoms with Crippen molar-refractivity contribution in [2.75, 3.05) is 11.9 Å². The molecular weight excluding hydrogens is 294 g/mol. The van der Waals surface area contributed by atoms with Gasteiger partial charge in [0.15, 0.2) is 0 Å². The number of phenolic OH excluding ortho intramolecular Hbond substituents is 1. The molecular formula is C14H20BrNO2. The number of alkyl halides is 1. The molecule has 0 aliphatic rings. The first-order valence-electron chi connectivity index (χ1n) is 5.99. The van der Waals surface area contributed by atoms with Crippen molar-refractivity contribution >= 4 is 21.8 Å². The molecule has 1 aromatic rings. The largest absolute Gasteiger partial charge is 0.507 e. The first-order valence-corrected chi connectivity index (χ1v) is 7.12. The van der Waals surface area contributed by atoms with Gasteiger partial charge in [0.2, 0.25) is 0 Å². The van der Waals surface area contributed by atoms with Gasteiger partial charge in [-0.15, -0.1) is 0 Å². The van der Waals surface area contributed by atoms with E-state index in [0.717, 1.165) is 17.3 Å². The minimum atomic E-state index is -0.223. The first kappa shape index (κ1) is 15.0. The van der Waals surface area contributed by atoms with E-state index in [1.165, 1.54) is 0 Å². The van der Waals surface area contributed by atoms with Crippen LogP contribution >= 0.6 is 15.9 Å². The molecule has 18 heavy (non-hydrogen) atoms. The molecule has 100 valence electrons. The fourth-order valence-corrected chi connectivity index (χ4v) is 2.66. The lowest BCUT2D eigenvalue weighted by Crippen LogP contribution is -2.34.